The first-order chi connectivity index (χ1) is 11.2. The van der Waals surface area contributed by atoms with Crippen LogP contribution in [-0.4, -0.2) is 10.9 Å². The van der Waals surface area contributed by atoms with E-state index in [1.165, 1.54) is 32.9 Å². The summed E-state index contributed by atoms with van der Waals surface area (Å²) in [5.74, 6) is 0. The monoisotopic (exact) mass is 299 g/mol. The van der Waals surface area contributed by atoms with Crippen LogP contribution in [0.15, 0.2) is 60.7 Å². The molecule has 0 aliphatic carbocycles. The first kappa shape index (κ1) is 13.8. The third kappa shape index (κ3) is 2.15. The SMILES string of the molecule is Cc1ccc2c3ccc(C)cc3n(-c3cccc(C=O)c3)c2c1. The lowest BCUT2D eigenvalue weighted by atomic mass is 10.1. The van der Waals surface area contributed by atoms with Gasteiger partial charge in [-0.1, -0.05) is 36.4 Å². The van der Waals surface area contributed by atoms with Crippen molar-refractivity contribution in [1.82, 2.24) is 4.57 Å². The van der Waals surface area contributed by atoms with Gasteiger partial charge in [0.1, 0.15) is 6.29 Å². The van der Waals surface area contributed by atoms with Gasteiger partial charge in [0.25, 0.3) is 0 Å². The fourth-order valence-electron chi connectivity index (χ4n) is 3.25. The van der Waals surface area contributed by atoms with E-state index in [1.807, 2.05) is 18.2 Å². The molecule has 0 bridgehead atoms. The molecule has 0 fully saturated rings. The van der Waals surface area contributed by atoms with Crippen molar-refractivity contribution in [2.45, 2.75) is 13.8 Å². The third-order valence-electron chi connectivity index (χ3n) is 4.34. The maximum atomic E-state index is 11.2. The summed E-state index contributed by atoms with van der Waals surface area (Å²) in [5, 5.41) is 2.48. The van der Waals surface area contributed by atoms with Crippen molar-refractivity contribution in [3.63, 3.8) is 0 Å². The Kier molecular flexibility index (Phi) is 3.05. The van der Waals surface area contributed by atoms with Crippen LogP contribution in [0.2, 0.25) is 0 Å². The van der Waals surface area contributed by atoms with E-state index >= 15 is 0 Å². The minimum Gasteiger partial charge on any atom is -0.309 e. The van der Waals surface area contributed by atoms with Gasteiger partial charge in [0.2, 0.25) is 0 Å². The molecule has 0 atom stereocenters. The van der Waals surface area contributed by atoms with E-state index in [9.17, 15) is 4.79 Å². The Morgan fingerprint density at radius 1 is 0.783 bits per heavy atom. The molecule has 4 aromatic rings. The van der Waals surface area contributed by atoms with Crippen LogP contribution in [0.4, 0.5) is 0 Å². The normalized spacial score (nSPS) is 11.2. The molecule has 0 radical (unpaired) electrons. The fraction of sp³-hybridized carbons (Fsp3) is 0.0952. The molecule has 3 aromatic carbocycles. The first-order valence-electron chi connectivity index (χ1n) is 7.74. The van der Waals surface area contributed by atoms with Crippen LogP contribution in [0.1, 0.15) is 21.5 Å². The quantitative estimate of drug-likeness (QED) is 0.465. The Hall–Kier alpha value is -2.87. The van der Waals surface area contributed by atoms with Crippen molar-refractivity contribution >= 4 is 28.1 Å². The number of fused-ring (bicyclic) bond motifs is 3. The Balaban J connectivity index is 2.19. The summed E-state index contributed by atoms with van der Waals surface area (Å²) in [6.07, 6.45) is 0.897. The van der Waals surface area contributed by atoms with E-state index in [0.29, 0.717) is 5.56 Å². The standard InChI is InChI=1S/C21H17NO/c1-14-6-8-18-19-9-7-15(2)11-21(19)22(20(18)10-14)17-5-3-4-16(12-17)13-23/h3-13H,1-2H3. The number of hydrogen-bond donors (Lipinski definition) is 0. The fourth-order valence-corrected chi connectivity index (χ4v) is 3.25. The summed E-state index contributed by atoms with van der Waals surface area (Å²) in [5.41, 5.74) is 6.51. The number of benzene rings is 3. The predicted molar refractivity (Wildman–Crippen MR) is 95.6 cm³/mol. The highest BCUT2D eigenvalue weighted by Crippen LogP contribution is 2.33. The molecule has 0 unspecified atom stereocenters. The van der Waals surface area contributed by atoms with Crippen molar-refractivity contribution in [1.29, 1.82) is 0 Å². The molecule has 112 valence electrons. The van der Waals surface area contributed by atoms with Crippen LogP contribution >= 0.6 is 0 Å². The lowest BCUT2D eigenvalue weighted by Gasteiger charge is -2.09. The van der Waals surface area contributed by atoms with E-state index in [2.05, 4.69) is 60.9 Å². The number of carbonyl (C=O) groups excluding carboxylic acids is 1. The van der Waals surface area contributed by atoms with E-state index in [-0.39, 0.29) is 0 Å². The van der Waals surface area contributed by atoms with Gasteiger partial charge in [0.15, 0.2) is 0 Å². The highest BCUT2D eigenvalue weighted by atomic mass is 16.1. The van der Waals surface area contributed by atoms with Gasteiger partial charge in [-0.2, -0.15) is 0 Å². The number of nitrogens with zero attached hydrogens (tertiary/aromatic N) is 1. The van der Waals surface area contributed by atoms with E-state index < -0.39 is 0 Å². The molecular weight excluding hydrogens is 282 g/mol. The second kappa shape index (κ2) is 5.10. The minimum atomic E-state index is 0.692. The van der Waals surface area contributed by atoms with Crippen LogP contribution in [0.25, 0.3) is 27.5 Å². The summed E-state index contributed by atoms with van der Waals surface area (Å²) in [4.78, 5) is 11.2. The maximum Gasteiger partial charge on any atom is 0.150 e. The largest absolute Gasteiger partial charge is 0.309 e. The highest BCUT2D eigenvalue weighted by Gasteiger charge is 2.12. The molecule has 0 amide bonds. The Bertz CT molecular complexity index is 997. The van der Waals surface area contributed by atoms with Gasteiger partial charge >= 0.3 is 0 Å². The van der Waals surface area contributed by atoms with Gasteiger partial charge in [0.05, 0.1) is 11.0 Å². The minimum absolute atomic E-state index is 0.692. The van der Waals surface area contributed by atoms with Crippen LogP contribution in [0, 0.1) is 13.8 Å². The van der Waals surface area contributed by atoms with Crippen LogP contribution in [0.5, 0.6) is 0 Å². The number of aldehydes is 1. The van der Waals surface area contributed by atoms with Crippen molar-refractivity contribution < 1.29 is 4.79 Å². The molecule has 23 heavy (non-hydrogen) atoms. The molecule has 0 saturated heterocycles. The zero-order valence-electron chi connectivity index (χ0n) is 13.2. The second-order valence-corrected chi connectivity index (χ2v) is 6.09. The molecule has 1 heterocycles. The van der Waals surface area contributed by atoms with Gasteiger partial charge in [-0.05, 0) is 49.2 Å². The van der Waals surface area contributed by atoms with Crippen molar-refractivity contribution in [2.24, 2.45) is 0 Å². The van der Waals surface area contributed by atoms with Crippen molar-refractivity contribution in [3.8, 4) is 5.69 Å². The summed E-state index contributed by atoms with van der Waals surface area (Å²) in [7, 11) is 0. The van der Waals surface area contributed by atoms with Crippen LogP contribution in [0.3, 0.4) is 0 Å². The van der Waals surface area contributed by atoms with Gasteiger partial charge < -0.3 is 4.57 Å². The summed E-state index contributed by atoms with van der Waals surface area (Å²) < 4.78 is 2.25. The molecule has 0 N–H and O–H groups in total. The molecular formula is C21H17NO. The number of aromatic nitrogens is 1. The number of carbonyl (C=O) groups is 1. The molecule has 0 aliphatic heterocycles. The first-order valence-corrected chi connectivity index (χ1v) is 7.74. The topological polar surface area (TPSA) is 22.0 Å². The molecule has 0 saturated carbocycles. The Morgan fingerprint density at radius 2 is 1.39 bits per heavy atom. The van der Waals surface area contributed by atoms with Crippen molar-refractivity contribution in [2.75, 3.05) is 0 Å². The second-order valence-electron chi connectivity index (χ2n) is 6.09. The average molecular weight is 299 g/mol. The summed E-state index contributed by atoms with van der Waals surface area (Å²) >= 11 is 0. The van der Waals surface area contributed by atoms with Crippen LogP contribution in [-0.2, 0) is 0 Å². The van der Waals surface area contributed by atoms with E-state index in [0.717, 1.165) is 12.0 Å². The van der Waals surface area contributed by atoms with Crippen molar-refractivity contribution in [3.05, 3.63) is 77.4 Å². The number of rotatable bonds is 2. The maximum absolute atomic E-state index is 11.2. The van der Waals surface area contributed by atoms with E-state index in [1.54, 1.807) is 0 Å². The lowest BCUT2D eigenvalue weighted by molar-refractivity contribution is 0.112. The number of hydrogen-bond acceptors (Lipinski definition) is 1. The van der Waals surface area contributed by atoms with Crippen LogP contribution < -0.4 is 0 Å². The van der Waals surface area contributed by atoms with E-state index in [4.69, 9.17) is 0 Å². The smallest absolute Gasteiger partial charge is 0.150 e. The third-order valence-corrected chi connectivity index (χ3v) is 4.34. The zero-order chi connectivity index (χ0) is 16.0. The Morgan fingerprint density at radius 3 is 1.96 bits per heavy atom. The summed E-state index contributed by atoms with van der Waals surface area (Å²) in [6, 6.07) is 20.8. The van der Waals surface area contributed by atoms with Gasteiger partial charge in [-0.25, -0.2) is 0 Å². The highest BCUT2D eigenvalue weighted by molar-refractivity contribution is 6.09. The Labute approximate surface area is 135 Å². The van der Waals surface area contributed by atoms with Gasteiger partial charge in [-0.15, -0.1) is 0 Å². The average Bonchev–Trinajstić information content (AvgIpc) is 2.87. The lowest BCUT2D eigenvalue weighted by Crippen LogP contribution is -1.95. The molecule has 2 nitrogen and oxygen atoms in total. The summed E-state index contributed by atoms with van der Waals surface area (Å²) in [6.45, 7) is 4.21. The van der Waals surface area contributed by atoms with Gasteiger partial charge in [-0.3, -0.25) is 4.79 Å². The predicted octanol–water partition coefficient (Wildman–Crippen LogP) is 5.21. The molecule has 1 aromatic heterocycles. The molecule has 0 aliphatic rings. The molecule has 2 heteroatoms. The van der Waals surface area contributed by atoms with Gasteiger partial charge in [0, 0.05) is 22.0 Å². The number of aryl methyl sites for hydroxylation is 2. The zero-order valence-corrected chi connectivity index (χ0v) is 13.2. The molecule has 4 rings (SSSR count). The molecule has 0 spiro atoms.